The number of rotatable bonds is 6. The van der Waals surface area contributed by atoms with E-state index in [-0.39, 0.29) is 12.1 Å². The summed E-state index contributed by atoms with van der Waals surface area (Å²) < 4.78 is 6.91. The minimum absolute atomic E-state index is 0.0749. The van der Waals surface area contributed by atoms with E-state index in [1.807, 2.05) is 19.1 Å². The molecule has 134 valence electrons. The van der Waals surface area contributed by atoms with Crippen molar-refractivity contribution in [3.05, 3.63) is 36.5 Å². The summed E-state index contributed by atoms with van der Waals surface area (Å²) in [7, 11) is 0. The molecular formula is C16H23N7O2. The molecule has 0 radical (unpaired) electrons. The normalized spacial score (nSPS) is 16.4. The molecule has 2 N–H and O–H groups in total. The van der Waals surface area contributed by atoms with Crippen LogP contribution in [0.3, 0.4) is 0 Å². The van der Waals surface area contributed by atoms with Gasteiger partial charge in [0.05, 0.1) is 13.2 Å². The third kappa shape index (κ3) is 5.23. The van der Waals surface area contributed by atoms with E-state index in [9.17, 15) is 4.79 Å². The molecule has 1 aliphatic rings. The summed E-state index contributed by atoms with van der Waals surface area (Å²) in [6.07, 6.45) is 4.76. The third-order valence-corrected chi connectivity index (χ3v) is 3.93. The van der Waals surface area contributed by atoms with Crippen LogP contribution in [0.2, 0.25) is 0 Å². The van der Waals surface area contributed by atoms with Gasteiger partial charge in [-0.3, -0.25) is 4.90 Å². The molecule has 1 aliphatic heterocycles. The Balaban J connectivity index is 1.41. The number of carbonyl (C=O) groups excluding carboxylic acids is 1. The highest BCUT2D eigenvalue weighted by Crippen LogP contribution is 2.04. The second-order valence-electron chi connectivity index (χ2n) is 6.01. The third-order valence-electron chi connectivity index (χ3n) is 3.93. The molecule has 3 rings (SSSR count). The average molecular weight is 345 g/mol. The van der Waals surface area contributed by atoms with Crippen LogP contribution in [-0.2, 0) is 11.3 Å². The summed E-state index contributed by atoms with van der Waals surface area (Å²) in [5.74, 6) is 0.685. The molecule has 2 amide bonds. The summed E-state index contributed by atoms with van der Waals surface area (Å²) >= 11 is 0. The fourth-order valence-corrected chi connectivity index (χ4v) is 2.66. The van der Waals surface area contributed by atoms with Gasteiger partial charge in [0, 0.05) is 38.4 Å². The number of carbonyl (C=O) groups is 1. The van der Waals surface area contributed by atoms with Gasteiger partial charge in [-0.15, -0.1) is 0 Å². The van der Waals surface area contributed by atoms with E-state index in [1.54, 1.807) is 17.2 Å². The molecule has 1 atom stereocenters. The van der Waals surface area contributed by atoms with Crippen LogP contribution < -0.4 is 10.6 Å². The molecule has 0 saturated carbocycles. The number of aromatic nitrogens is 4. The molecule has 3 heterocycles. The van der Waals surface area contributed by atoms with Crippen molar-refractivity contribution in [2.24, 2.45) is 0 Å². The Morgan fingerprint density at radius 2 is 2.20 bits per heavy atom. The second-order valence-corrected chi connectivity index (χ2v) is 6.01. The zero-order valence-electron chi connectivity index (χ0n) is 14.3. The highest BCUT2D eigenvalue weighted by atomic mass is 16.5. The molecule has 2 aromatic heterocycles. The van der Waals surface area contributed by atoms with Crippen LogP contribution in [0.1, 0.15) is 12.5 Å². The van der Waals surface area contributed by atoms with Crippen LogP contribution in [0, 0.1) is 0 Å². The standard InChI is InChI=1S/C16H23N7O2/c1-13(10-22-4-6-25-7-5-22)21-16(24)19-9-14-2-3-15(18-8-14)23-12-17-11-20-23/h2-3,8,11-13H,4-7,9-10H2,1H3,(H2,19,21,24)/t13-/m0/s1. The number of hydrogen-bond acceptors (Lipinski definition) is 6. The van der Waals surface area contributed by atoms with Gasteiger partial charge in [0.25, 0.3) is 0 Å². The second kappa shape index (κ2) is 8.54. The SMILES string of the molecule is C[C@@H](CN1CCOCC1)NC(=O)NCc1ccc(-n2cncn2)nc1. The van der Waals surface area contributed by atoms with E-state index in [4.69, 9.17) is 4.74 Å². The number of morpholine rings is 1. The topological polar surface area (TPSA) is 97.2 Å². The largest absolute Gasteiger partial charge is 0.379 e. The molecule has 9 nitrogen and oxygen atoms in total. The Labute approximate surface area is 146 Å². The lowest BCUT2D eigenvalue weighted by atomic mass is 10.2. The molecule has 1 fully saturated rings. The Kier molecular flexibility index (Phi) is 5.91. The summed E-state index contributed by atoms with van der Waals surface area (Å²) in [5.41, 5.74) is 0.917. The van der Waals surface area contributed by atoms with Gasteiger partial charge in [0.2, 0.25) is 0 Å². The maximum absolute atomic E-state index is 12.0. The summed E-state index contributed by atoms with van der Waals surface area (Å²) in [5, 5.41) is 9.83. The minimum Gasteiger partial charge on any atom is -0.379 e. The molecule has 25 heavy (non-hydrogen) atoms. The monoisotopic (exact) mass is 345 g/mol. The zero-order chi connectivity index (χ0) is 17.5. The first-order chi connectivity index (χ1) is 12.2. The van der Waals surface area contributed by atoms with Gasteiger partial charge >= 0.3 is 6.03 Å². The number of nitrogens with one attached hydrogen (secondary N) is 2. The van der Waals surface area contributed by atoms with E-state index in [2.05, 4.69) is 30.6 Å². The van der Waals surface area contributed by atoms with Crippen molar-refractivity contribution in [1.82, 2.24) is 35.3 Å². The maximum atomic E-state index is 12.0. The first-order valence-corrected chi connectivity index (χ1v) is 8.35. The molecular weight excluding hydrogens is 322 g/mol. The first kappa shape index (κ1) is 17.3. The number of pyridine rings is 1. The van der Waals surface area contributed by atoms with Gasteiger partial charge in [-0.2, -0.15) is 5.10 Å². The Hall–Kier alpha value is -2.52. The Morgan fingerprint density at radius 1 is 1.36 bits per heavy atom. The highest BCUT2D eigenvalue weighted by Gasteiger charge is 2.15. The molecule has 9 heteroatoms. The molecule has 0 bridgehead atoms. The Bertz CT molecular complexity index is 654. The van der Waals surface area contributed by atoms with Gasteiger partial charge in [-0.05, 0) is 18.6 Å². The fraction of sp³-hybridized carbons (Fsp3) is 0.500. The van der Waals surface area contributed by atoms with Crippen molar-refractivity contribution < 1.29 is 9.53 Å². The first-order valence-electron chi connectivity index (χ1n) is 8.35. The summed E-state index contributed by atoms with van der Waals surface area (Å²) in [6, 6.07) is 3.64. The van der Waals surface area contributed by atoms with Crippen molar-refractivity contribution in [2.75, 3.05) is 32.8 Å². The van der Waals surface area contributed by atoms with Crippen molar-refractivity contribution in [1.29, 1.82) is 0 Å². The van der Waals surface area contributed by atoms with E-state index in [0.717, 1.165) is 38.4 Å². The summed E-state index contributed by atoms with van der Waals surface area (Å²) in [4.78, 5) is 22.5. The molecule has 1 saturated heterocycles. The van der Waals surface area contributed by atoms with Gasteiger partial charge in [0.1, 0.15) is 12.7 Å². The van der Waals surface area contributed by atoms with Crippen LogP contribution in [0.4, 0.5) is 4.79 Å². The lowest BCUT2D eigenvalue weighted by molar-refractivity contribution is 0.0349. The van der Waals surface area contributed by atoms with E-state index < -0.39 is 0 Å². The van der Waals surface area contributed by atoms with Crippen LogP contribution in [0.15, 0.2) is 31.0 Å². The fourth-order valence-electron chi connectivity index (χ4n) is 2.66. The quantitative estimate of drug-likeness (QED) is 0.775. The van der Waals surface area contributed by atoms with Crippen molar-refractivity contribution in [3.8, 4) is 5.82 Å². The van der Waals surface area contributed by atoms with E-state index in [0.29, 0.717) is 12.4 Å². The van der Waals surface area contributed by atoms with E-state index >= 15 is 0 Å². The van der Waals surface area contributed by atoms with Gasteiger partial charge in [-0.25, -0.2) is 19.4 Å². The van der Waals surface area contributed by atoms with Gasteiger partial charge in [-0.1, -0.05) is 6.07 Å². The number of ether oxygens (including phenoxy) is 1. The lowest BCUT2D eigenvalue weighted by Gasteiger charge is -2.29. The van der Waals surface area contributed by atoms with Crippen LogP contribution in [0.5, 0.6) is 0 Å². The molecule has 0 spiro atoms. The molecule has 0 aromatic carbocycles. The van der Waals surface area contributed by atoms with Gasteiger partial charge < -0.3 is 15.4 Å². The number of nitrogens with zero attached hydrogens (tertiary/aromatic N) is 5. The van der Waals surface area contributed by atoms with Crippen molar-refractivity contribution in [2.45, 2.75) is 19.5 Å². The average Bonchev–Trinajstić information content (AvgIpc) is 3.16. The molecule has 0 unspecified atom stereocenters. The molecule has 0 aliphatic carbocycles. The predicted octanol–water partition coefficient (Wildman–Crippen LogP) is 0.182. The van der Waals surface area contributed by atoms with E-state index in [1.165, 1.54) is 6.33 Å². The minimum atomic E-state index is -0.180. The number of hydrogen-bond donors (Lipinski definition) is 2. The van der Waals surface area contributed by atoms with Crippen molar-refractivity contribution in [3.63, 3.8) is 0 Å². The summed E-state index contributed by atoms with van der Waals surface area (Å²) in [6.45, 7) is 6.59. The number of urea groups is 1. The van der Waals surface area contributed by atoms with Crippen LogP contribution in [0.25, 0.3) is 5.82 Å². The van der Waals surface area contributed by atoms with Gasteiger partial charge in [0.15, 0.2) is 5.82 Å². The van der Waals surface area contributed by atoms with Crippen LogP contribution >= 0.6 is 0 Å². The van der Waals surface area contributed by atoms with Crippen molar-refractivity contribution >= 4 is 6.03 Å². The Morgan fingerprint density at radius 3 is 2.88 bits per heavy atom. The maximum Gasteiger partial charge on any atom is 0.315 e. The molecule has 2 aromatic rings. The van der Waals surface area contributed by atoms with Crippen LogP contribution in [-0.4, -0.2) is 69.6 Å². The predicted molar refractivity (Wildman–Crippen MR) is 91.2 cm³/mol. The lowest BCUT2D eigenvalue weighted by Crippen LogP contribution is -2.48. The highest BCUT2D eigenvalue weighted by molar-refractivity contribution is 5.74. The smallest absolute Gasteiger partial charge is 0.315 e. The zero-order valence-corrected chi connectivity index (χ0v) is 14.3. The number of amides is 2.